The van der Waals surface area contributed by atoms with Crippen LogP contribution in [0.1, 0.15) is 5.56 Å². The minimum Gasteiger partial charge on any atom is -0.454 e. The normalized spacial score (nSPS) is 13.7. The van der Waals surface area contributed by atoms with Crippen LogP contribution in [0.3, 0.4) is 0 Å². The fraction of sp³-hybridized carbons (Fsp3) is 0.0952. The molecule has 5 rings (SSSR count). The van der Waals surface area contributed by atoms with Crippen molar-refractivity contribution in [3.63, 3.8) is 0 Å². The first-order chi connectivity index (χ1) is 13.3. The Kier molecular flexibility index (Phi) is 3.90. The highest BCUT2D eigenvalue weighted by molar-refractivity contribution is 7.99. The van der Waals surface area contributed by atoms with Gasteiger partial charge in [0.1, 0.15) is 0 Å². The van der Waals surface area contributed by atoms with E-state index in [4.69, 9.17) is 9.47 Å². The van der Waals surface area contributed by atoms with Gasteiger partial charge in [-0.05, 0) is 42.0 Å². The summed E-state index contributed by atoms with van der Waals surface area (Å²) in [4.78, 5) is 17.0. The average molecular weight is 376 g/mol. The van der Waals surface area contributed by atoms with Crippen LogP contribution in [0.4, 0.5) is 16.2 Å². The second-order valence-electron chi connectivity index (χ2n) is 6.22. The van der Waals surface area contributed by atoms with E-state index in [2.05, 4.69) is 5.32 Å². The molecule has 0 atom stereocenters. The predicted molar refractivity (Wildman–Crippen MR) is 104 cm³/mol. The van der Waals surface area contributed by atoms with Gasteiger partial charge in [-0.15, -0.1) is 0 Å². The van der Waals surface area contributed by atoms with Gasteiger partial charge in [0.2, 0.25) is 6.79 Å². The quantitative estimate of drug-likeness (QED) is 0.689. The van der Waals surface area contributed by atoms with E-state index in [1.807, 2.05) is 66.7 Å². The van der Waals surface area contributed by atoms with Crippen LogP contribution < -0.4 is 19.7 Å². The lowest BCUT2D eigenvalue weighted by atomic mass is 10.2. The number of ether oxygens (including phenoxy) is 2. The molecule has 0 radical (unpaired) electrons. The number of amides is 2. The molecule has 27 heavy (non-hydrogen) atoms. The summed E-state index contributed by atoms with van der Waals surface area (Å²) in [5, 5.41) is 3.02. The third-order valence-electron chi connectivity index (χ3n) is 4.52. The van der Waals surface area contributed by atoms with Crippen molar-refractivity contribution >= 4 is 29.2 Å². The van der Waals surface area contributed by atoms with Gasteiger partial charge in [-0.2, -0.15) is 0 Å². The molecule has 0 unspecified atom stereocenters. The van der Waals surface area contributed by atoms with E-state index in [0.29, 0.717) is 12.3 Å². The Labute approximate surface area is 160 Å². The SMILES string of the molecule is O=C(NCc1ccc2c(c1)OCO2)N1c2ccccc2Sc2ccccc21. The molecule has 0 fully saturated rings. The maximum atomic E-state index is 13.1. The molecule has 2 aliphatic rings. The molecule has 0 saturated heterocycles. The number of carbonyl (C=O) groups excluding carboxylic acids is 1. The highest BCUT2D eigenvalue weighted by atomic mass is 32.2. The Morgan fingerprint density at radius 2 is 1.59 bits per heavy atom. The maximum absolute atomic E-state index is 13.1. The first-order valence-electron chi connectivity index (χ1n) is 8.62. The van der Waals surface area contributed by atoms with Gasteiger partial charge < -0.3 is 14.8 Å². The van der Waals surface area contributed by atoms with E-state index < -0.39 is 0 Å². The number of hydrogen-bond donors (Lipinski definition) is 1. The molecule has 0 bridgehead atoms. The van der Waals surface area contributed by atoms with Gasteiger partial charge in [-0.1, -0.05) is 42.1 Å². The number of carbonyl (C=O) groups is 1. The summed E-state index contributed by atoms with van der Waals surface area (Å²) in [7, 11) is 0. The molecule has 6 heteroatoms. The fourth-order valence-corrected chi connectivity index (χ4v) is 4.29. The Morgan fingerprint density at radius 1 is 0.926 bits per heavy atom. The highest BCUT2D eigenvalue weighted by Gasteiger charge is 2.27. The summed E-state index contributed by atoms with van der Waals surface area (Å²) in [6.07, 6.45) is 0. The van der Waals surface area contributed by atoms with E-state index >= 15 is 0 Å². The number of hydrogen-bond acceptors (Lipinski definition) is 4. The lowest BCUT2D eigenvalue weighted by molar-refractivity contribution is 0.174. The Bertz CT molecular complexity index is 992. The number of nitrogens with zero attached hydrogens (tertiary/aromatic N) is 1. The summed E-state index contributed by atoms with van der Waals surface area (Å²) in [5.41, 5.74) is 2.74. The summed E-state index contributed by atoms with van der Waals surface area (Å²) in [6, 6.07) is 21.4. The van der Waals surface area contributed by atoms with Crippen molar-refractivity contribution in [2.24, 2.45) is 0 Å². The molecular formula is C21H16N2O3S. The summed E-state index contributed by atoms with van der Waals surface area (Å²) in [5.74, 6) is 1.45. The second kappa shape index (κ2) is 6.55. The summed E-state index contributed by atoms with van der Waals surface area (Å²) >= 11 is 1.68. The number of nitrogens with one attached hydrogen (secondary N) is 1. The van der Waals surface area contributed by atoms with Crippen molar-refractivity contribution in [1.82, 2.24) is 5.32 Å². The van der Waals surface area contributed by atoms with Crippen molar-refractivity contribution in [2.45, 2.75) is 16.3 Å². The van der Waals surface area contributed by atoms with Crippen LogP contribution in [0.25, 0.3) is 0 Å². The van der Waals surface area contributed by atoms with Gasteiger partial charge in [-0.25, -0.2) is 4.79 Å². The van der Waals surface area contributed by atoms with Crippen molar-refractivity contribution in [3.05, 3.63) is 72.3 Å². The fourth-order valence-electron chi connectivity index (χ4n) is 3.23. The minimum atomic E-state index is -0.159. The predicted octanol–water partition coefficient (Wildman–Crippen LogP) is 4.93. The van der Waals surface area contributed by atoms with Crippen molar-refractivity contribution < 1.29 is 14.3 Å². The lowest BCUT2D eigenvalue weighted by Crippen LogP contribution is -2.37. The number of urea groups is 1. The smallest absolute Gasteiger partial charge is 0.326 e. The first-order valence-corrected chi connectivity index (χ1v) is 9.44. The molecule has 2 heterocycles. The number of anilines is 2. The molecule has 2 amide bonds. The van der Waals surface area contributed by atoms with Crippen LogP contribution in [-0.2, 0) is 6.54 Å². The zero-order chi connectivity index (χ0) is 18.2. The Balaban J connectivity index is 1.41. The molecular weight excluding hydrogens is 360 g/mol. The highest BCUT2D eigenvalue weighted by Crippen LogP contribution is 2.47. The Hall–Kier alpha value is -3.12. The summed E-state index contributed by atoms with van der Waals surface area (Å²) in [6.45, 7) is 0.646. The van der Waals surface area contributed by atoms with Crippen LogP contribution in [0.2, 0.25) is 0 Å². The maximum Gasteiger partial charge on any atom is 0.326 e. The minimum absolute atomic E-state index is 0.159. The Morgan fingerprint density at radius 3 is 2.33 bits per heavy atom. The van der Waals surface area contributed by atoms with Crippen LogP contribution in [0, 0.1) is 0 Å². The standard InChI is InChI=1S/C21H16N2O3S/c24-21(22-12-14-9-10-17-18(11-14)26-13-25-17)23-15-5-1-3-7-19(15)27-20-8-4-2-6-16(20)23/h1-11H,12-13H2,(H,22,24). The van der Waals surface area contributed by atoms with E-state index in [1.54, 1.807) is 16.7 Å². The molecule has 0 aromatic heterocycles. The molecule has 1 N–H and O–H groups in total. The molecule has 5 nitrogen and oxygen atoms in total. The number of rotatable bonds is 2. The van der Waals surface area contributed by atoms with Gasteiger partial charge in [0.05, 0.1) is 11.4 Å². The molecule has 0 saturated carbocycles. The molecule has 3 aromatic rings. The molecule has 134 valence electrons. The van der Waals surface area contributed by atoms with Gasteiger partial charge in [0.25, 0.3) is 0 Å². The molecule has 2 aliphatic heterocycles. The van der Waals surface area contributed by atoms with Crippen molar-refractivity contribution in [1.29, 1.82) is 0 Å². The zero-order valence-electron chi connectivity index (χ0n) is 14.3. The van der Waals surface area contributed by atoms with Crippen molar-refractivity contribution in [2.75, 3.05) is 11.7 Å². The van der Waals surface area contributed by atoms with E-state index in [1.165, 1.54) is 0 Å². The lowest BCUT2D eigenvalue weighted by Gasteiger charge is -2.31. The second-order valence-corrected chi connectivity index (χ2v) is 7.30. The first kappa shape index (κ1) is 16.1. The van der Waals surface area contributed by atoms with Gasteiger partial charge in [0.15, 0.2) is 11.5 Å². The number of fused-ring (bicyclic) bond motifs is 3. The number of benzene rings is 3. The summed E-state index contributed by atoms with van der Waals surface area (Å²) < 4.78 is 10.7. The topological polar surface area (TPSA) is 50.8 Å². The van der Waals surface area contributed by atoms with Gasteiger partial charge in [-0.3, -0.25) is 4.90 Å². The largest absolute Gasteiger partial charge is 0.454 e. The van der Waals surface area contributed by atoms with Crippen molar-refractivity contribution in [3.8, 4) is 11.5 Å². The zero-order valence-corrected chi connectivity index (χ0v) is 15.2. The van der Waals surface area contributed by atoms with Crippen LogP contribution >= 0.6 is 11.8 Å². The van der Waals surface area contributed by atoms with E-state index in [9.17, 15) is 4.79 Å². The molecule has 0 spiro atoms. The van der Waals surface area contributed by atoms with Gasteiger partial charge in [0, 0.05) is 16.3 Å². The number of para-hydroxylation sites is 2. The van der Waals surface area contributed by atoms with Gasteiger partial charge >= 0.3 is 6.03 Å². The molecule has 0 aliphatic carbocycles. The van der Waals surface area contributed by atoms with E-state index in [-0.39, 0.29) is 12.8 Å². The average Bonchev–Trinajstić information content (AvgIpc) is 3.18. The third kappa shape index (κ3) is 2.88. The monoisotopic (exact) mass is 376 g/mol. The van der Waals surface area contributed by atoms with E-state index in [0.717, 1.165) is 32.5 Å². The third-order valence-corrected chi connectivity index (χ3v) is 5.65. The molecule has 3 aromatic carbocycles. The van der Waals surface area contributed by atoms with Crippen LogP contribution in [-0.4, -0.2) is 12.8 Å². The van der Waals surface area contributed by atoms with Crippen LogP contribution in [0.5, 0.6) is 11.5 Å². The van der Waals surface area contributed by atoms with Crippen LogP contribution in [0.15, 0.2) is 76.5 Å².